The Bertz CT molecular complexity index is 653. The molecule has 0 amide bonds. The van der Waals surface area contributed by atoms with Crippen LogP contribution in [0.3, 0.4) is 0 Å². The Labute approximate surface area is 141 Å². The van der Waals surface area contributed by atoms with Crippen molar-refractivity contribution in [1.82, 2.24) is 0 Å². The van der Waals surface area contributed by atoms with E-state index >= 15 is 0 Å². The summed E-state index contributed by atoms with van der Waals surface area (Å²) in [5, 5.41) is 18.8. The Morgan fingerprint density at radius 3 is 2.33 bits per heavy atom. The van der Waals surface area contributed by atoms with Gasteiger partial charge < -0.3 is 19.7 Å². The van der Waals surface area contributed by atoms with Crippen molar-refractivity contribution in [2.45, 2.75) is 32.0 Å². The first-order valence-corrected chi connectivity index (χ1v) is 7.79. The number of carbonyl (C=O) groups is 1. The van der Waals surface area contributed by atoms with Crippen LogP contribution in [-0.4, -0.2) is 28.4 Å². The molecule has 0 aliphatic rings. The van der Waals surface area contributed by atoms with Crippen molar-refractivity contribution in [3.63, 3.8) is 0 Å². The molecule has 0 saturated heterocycles. The van der Waals surface area contributed by atoms with Crippen LogP contribution in [0.4, 0.5) is 0 Å². The van der Waals surface area contributed by atoms with E-state index in [0.717, 1.165) is 5.56 Å². The molecule has 2 aromatic rings. The number of carboxylic acids is 1. The topological polar surface area (TPSA) is 76.0 Å². The van der Waals surface area contributed by atoms with E-state index in [4.69, 9.17) is 9.47 Å². The number of hydrogen-bond acceptors (Lipinski definition) is 4. The Kier molecular flexibility index (Phi) is 5.82. The van der Waals surface area contributed by atoms with E-state index in [1.807, 2.05) is 37.3 Å². The second-order valence-electron chi connectivity index (χ2n) is 5.81. The molecule has 2 unspecified atom stereocenters. The quantitative estimate of drug-likeness (QED) is 0.770. The maximum absolute atomic E-state index is 11.6. The van der Waals surface area contributed by atoms with Gasteiger partial charge in [0.1, 0.15) is 11.5 Å². The fourth-order valence-electron chi connectivity index (χ4n) is 2.23. The highest BCUT2D eigenvalue weighted by Gasteiger charge is 2.35. The highest BCUT2D eigenvalue weighted by Crippen LogP contribution is 2.25. The van der Waals surface area contributed by atoms with Gasteiger partial charge in [0.05, 0.1) is 12.7 Å². The molecule has 2 N–H and O–H groups in total. The van der Waals surface area contributed by atoms with Gasteiger partial charge in [-0.2, -0.15) is 0 Å². The van der Waals surface area contributed by atoms with E-state index in [0.29, 0.717) is 5.75 Å². The number of rotatable bonds is 8. The SMILES string of the molecule is CC(OCCC(C)(Oc1ccc(O)cc1)C(=O)O)c1ccccc1. The summed E-state index contributed by atoms with van der Waals surface area (Å²) >= 11 is 0. The minimum absolute atomic E-state index is 0.0967. The van der Waals surface area contributed by atoms with Crippen LogP contribution in [0.25, 0.3) is 0 Å². The van der Waals surface area contributed by atoms with Crippen LogP contribution in [0.2, 0.25) is 0 Å². The van der Waals surface area contributed by atoms with E-state index in [1.165, 1.54) is 31.2 Å². The number of aromatic hydroxyl groups is 1. The molecular formula is C19H22O5. The van der Waals surface area contributed by atoms with Crippen molar-refractivity contribution in [1.29, 1.82) is 0 Å². The van der Waals surface area contributed by atoms with Crippen LogP contribution in [0, 0.1) is 0 Å². The summed E-state index contributed by atoms with van der Waals surface area (Å²) in [7, 11) is 0. The largest absolute Gasteiger partial charge is 0.508 e. The molecule has 0 spiro atoms. The zero-order chi connectivity index (χ0) is 17.6. The zero-order valence-corrected chi connectivity index (χ0v) is 13.8. The second kappa shape index (κ2) is 7.84. The normalized spacial score (nSPS) is 14.6. The van der Waals surface area contributed by atoms with Gasteiger partial charge in [0.25, 0.3) is 0 Å². The standard InChI is InChI=1S/C19H22O5/c1-14(15-6-4-3-5-7-15)23-13-12-19(2,18(21)22)24-17-10-8-16(20)9-11-17/h3-11,14,20H,12-13H2,1-2H3,(H,21,22). The van der Waals surface area contributed by atoms with E-state index in [9.17, 15) is 15.0 Å². The lowest BCUT2D eigenvalue weighted by atomic mass is 10.0. The average molecular weight is 330 g/mol. The molecule has 24 heavy (non-hydrogen) atoms. The van der Waals surface area contributed by atoms with Crippen LogP contribution in [0.15, 0.2) is 54.6 Å². The molecule has 0 saturated carbocycles. The predicted molar refractivity (Wildman–Crippen MR) is 90.2 cm³/mol. The number of phenolic OH excluding ortho intramolecular Hbond substituents is 1. The van der Waals surface area contributed by atoms with Crippen molar-refractivity contribution >= 4 is 5.97 Å². The molecule has 0 heterocycles. The molecule has 5 nitrogen and oxygen atoms in total. The first kappa shape index (κ1) is 17.8. The number of aliphatic carboxylic acids is 1. The van der Waals surface area contributed by atoms with Gasteiger partial charge in [-0.1, -0.05) is 30.3 Å². The number of benzene rings is 2. The minimum Gasteiger partial charge on any atom is -0.508 e. The molecule has 128 valence electrons. The van der Waals surface area contributed by atoms with E-state index in [2.05, 4.69) is 0 Å². The third-order valence-corrected chi connectivity index (χ3v) is 3.85. The number of carboxylic acid groups (broad SMARTS) is 1. The fraction of sp³-hybridized carbons (Fsp3) is 0.316. The molecule has 5 heteroatoms. The summed E-state index contributed by atoms with van der Waals surface area (Å²) in [4.78, 5) is 11.6. The molecule has 2 aromatic carbocycles. The number of phenols is 1. The summed E-state index contributed by atoms with van der Waals surface area (Å²) in [6.07, 6.45) is 0.0679. The summed E-state index contributed by atoms with van der Waals surface area (Å²) < 4.78 is 11.4. The monoisotopic (exact) mass is 330 g/mol. The van der Waals surface area contributed by atoms with Gasteiger partial charge in [-0.3, -0.25) is 0 Å². The van der Waals surface area contributed by atoms with E-state index in [1.54, 1.807) is 0 Å². The van der Waals surface area contributed by atoms with Crippen LogP contribution in [0.1, 0.15) is 31.9 Å². The fourth-order valence-corrected chi connectivity index (χ4v) is 2.23. The molecule has 0 fully saturated rings. The first-order chi connectivity index (χ1) is 11.4. The van der Waals surface area contributed by atoms with E-state index < -0.39 is 11.6 Å². The Hall–Kier alpha value is -2.53. The highest BCUT2D eigenvalue weighted by molar-refractivity contribution is 5.77. The Morgan fingerprint density at radius 2 is 1.75 bits per heavy atom. The van der Waals surface area contributed by atoms with Crippen molar-refractivity contribution < 1.29 is 24.5 Å². The van der Waals surface area contributed by atoms with Crippen molar-refractivity contribution in [3.05, 3.63) is 60.2 Å². The Morgan fingerprint density at radius 1 is 1.12 bits per heavy atom. The van der Waals surface area contributed by atoms with Gasteiger partial charge in [-0.15, -0.1) is 0 Å². The molecule has 0 aliphatic carbocycles. The average Bonchev–Trinajstić information content (AvgIpc) is 2.57. The van der Waals surface area contributed by atoms with Crippen molar-refractivity contribution in [2.75, 3.05) is 6.61 Å². The molecule has 0 radical (unpaired) electrons. The summed E-state index contributed by atoms with van der Waals surface area (Å²) in [6.45, 7) is 3.68. The van der Waals surface area contributed by atoms with Crippen LogP contribution in [-0.2, 0) is 9.53 Å². The molecular weight excluding hydrogens is 308 g/mol. The lowest BCUT2D eigenvalue weighted by molar-refractivity contribution is -0.155. The summed E-state index contributed by atoms with van der Waals surface area (Å²) in [6, 6.07) is 15.7. The first-order valence-electron chi connectivity index (χ1n) is 7.79. The zero-order valence-electron chi connectivity index (χ0n) is 13.8. The van der Waals surface area contributed by atoms with Gasteiger partial charge in [-0.05, 0) is 43.7 Å². The van der Waals surface area contributed by atoms with Crippen LogP contribution in [0.5, 0.6) is 11.5 Å². The second-order valence-corrected chi connectivity index (χ2v) is 5.81. The predicted octanol–water partition coefficient (Wildman–Crippen LogP) is 3.78. The van der Waals surface area contributed by atoms with Gasteiger partial charge >= 0.3 is 5.97 Å². The van der Waals surface area contributed by atoms with Gasteiger partial charge in [0, 0.05) is 6.42 Å². The maximum Gasteiger partial charge on any atom is 0.347 e. The lowest BCUT2D eigenvalue weighted by Crippen LogP contribution is -2.42. The van der Waals surface area contributed by atoms with E-state index in [-0.39, 0.29) is 24.9 Å². The lowest BCUT2D eigenvalue weighted by Gasteiger charge is -2.27. The molecule has 0 aliphatic heterocycles. The van der Waals surface area contributed by atoms with Crippen LogP contribution < -0.4 is 4.74 Å². The van der Waals surface area contributed by atoms with Gasteiger partial charge in [0.2, 0.25) is 5.60 Å². The maximum atomic E-state index is 11.6. The smallest absolute Gasteiger partial charge is 0.347 e. The van der Waals surface area contributed by atoms with Crippen LogP contribution >= 0.6 is 0 Å². The molecule has 2 atom stereocenters. The van der Waals surface area contributed by atoms with Crippen molar-refractivity contribution in [2.24, 2.45) is 0 Å². The third kappa shape index (κ3) is 4.73. The minimum atomic E-state index is -1.41. The van der Waals surface area contributed by atoms with Gasteiger partial charge in [0.15, 0.2) is 0 Å². The molecule has 0 aromatic heterocycles. The number of ether oxygens (including phenoxy) is 2. The summed E-state index contributed by atoms with van der Waals surface area (Å²) in [5.41, 5.74) is -0.373. The summed E-state index contributed by atoms with van der Waals surface area (Å²) in [5.74, 6) is -0.584. The molecule has 0 bridgehead atoms. The third-order valence-electron chi connectivity index (χ3n) is 3.85. The molecule has 2 rings (SSSR count). The van der Waals surface area contributed by atoms with Gasteiger partial charge in [-0.25, -0.2) is 4.79 Å². The van der Waals surface area contributed by atoms with Crippen molar-refractivity contribution in [3.8, 4) is 11.5 Å². The highest BCUT2D eigenvalue weighted by atomic mass is 16.5. The Balaban J connectivity index is 1.95. The number of hydrogen-bond donors (Lipinski definition) is 2.